The highest BCUT2D eigenvalue weighted by molar-refractivity contribution is 5.65. The lowest BCUT2D eigenvalue weighted by Crippen LogP contribution is -2.62. The van der Waals surface area contributed by atoms with Crippen LogP contribution in [0.15, 0.2) is 24.3 Å². The van der Waals surface area contributed by atoms with E-state index < -0.39 is 11.7 Å². The zero-order valence-corrected chi connectivity index (χ0v) is 14.5. The Morgan fingerprint density at radius 2 is 2.21 bits per heavy atom. The van der Waals surface area contributed by atoms with Crippen molar-refractivity contribution in [3.8, 4) is 5.75 Å². The minimum absolute atomic E-state index is 0.253. The van der Waals surface area contributed by atoms with Crippen molar-refractivity contribution in [3.63, 3.8) is 0 Å². The van der Waals surface area contributed by atoms with Gasteiger partial charge in [0, 0.05) is 12.1 Å². The molecule has 1 aromatic rings. The third-order valence-electron chi connectivity index (χ3n) is 5.07. The molecule has 1 aromatic carbocycles. The van der Waals surface area contributed by atoms with Crippen molar-refractivity contribution in [1.82, 2.24) is 4.90 Å². The molecule has 1 unspecified atom stereocenters. The lowest BCUT2D eigenvalue weighted by Gasteiger charge is -2.49. The van der Waals surface area contributed by atoms with Gasteiger partial charge in [0.2, 0.25) is 0 Å². The van der Waals surface area contributed by atoms with E-state index in [1.54, 1.807) is 0 Å². The van der Waals surface area contributed by atoms with Crippen molar-refractivity contribution in [1.29, 1.82) is 0 Å². The summed E-state index contributed by atoms with van der Waals surface area (Å²) < 4.78 is 12.3. The van der Waals surface area contributed by atoms with E-state index in [1.807, 2.05) is 12.1 Å². The van der Waals surface area contributed by atoms with Crippen LogP contribution in [0.25, 0.3) is 6.08 Å². The minimum Gasteiger partial charge on any atom is -0.490 e. The fraction of sp³-hybridized carbons (Fsp3) is 0.526. The number of carbonyl (C=O) groups is 1. The van der Waals surface area contributed by atoms with E-state index in [2.05, 4.69) is 39.0 Å². The van der Waals surface area contributed by atoms with Gasteiger partial charge in [-0.3, -0.25) is 0 Å². The molecule has 130 valence electrons. The van der Waals surface area contributed by atoms with E-state index in [0.717, 1.165) is 12.2 Å². The molecular formula is C19H25NO4. The Morgan fingerprint density at radius 3 is 2.92 bits per heavy atom. The SMILES string of the molecule is CC(C)(C)C1(COc2cccc3c2CC=C3)CN(C(=O)O)CCO1. The summed E-state index contributed by atoms with van der Waals surface area (Å²) in [4.78, 5) is 12.8. The number of morpholine rings is 1. The minimum atomic E-state index is -0.906. The number of ether oxygens (including phenoxy) is 2. The van der Waals surface area contributed by atoms with Crippen LogP contribution in [0.3, 0.4) is 0 Å². The smallest absolute Gasteiger partial charge is 0.407 e. The first-order valence-corrected chi connectivity index (χ1v) is 8.35. The van der Waals surface area contributed by atoms with Gasteiger partial charge < -0.3 is 19.5 Å². The third kappa shape index (κ3) is 3.00. The maximum Gasteiger partial charge on any atom is 0.407 e. The Morgan fingerprint density at radius 1 is 1.42 bits per heavy atom. The topological polar surface area (TPSA) is 59.0 Å². The lowest BCUT2D eigenvalue weighted by molar-refractivity contribution is -0.175. The van der Waals surface area contributed by atoms with Gasteiger partial charge in [-0.2, -0.15) is 0 Å². The molecule has 1 aliphatic carbocycles. The second-order valence-electron chi connectivity index (χ2n) is 7.52. The van der Waals surface area contributed by atoms with E-state index in [-0.39, 0.29) is 5.41 Å². The van der Waals surface area contributed by atoms with Crippen molar-refractivity contribution < 1.29 is 19.4 Å². The van der Waals surface area contributed by atoms with Crippen LogP contribution in [-0.2, 0) is 11.2 Å². The van der Waals surface area contributed by atoms with Crippen molar-refractivity contribution in [2.24, 2.45) is 5.41 Å². The van der Waals surface area contributed by atoms with E-state index in [9.17, 15) is 9.90 Å². The molecule has 5 heteroatoms. The van der Waals surface area contributed by atoms with Gasteiger partial charge in [0.1, 0.15) is 18.0 Å². The molecule has 1 fully saturated rings. The molecule has 0 spiro atoms. The van der Waals surface area contributed by atoms with Crippen LogP contribution in [-0.4, -0.2) is 48.0 Å². The van der Waals surface area contributed by atoms with Gasteiger partial charge in [-0.15, -0.1) is 0 Å². The van der Waals surface area contributed by atoms with Crippen molar-refractivity contribution in [2.45, 2.75) is 32.8 Å². The van der Waals surface area contributed by atoms with Gasteiger partial charge in [-0.05, 0) is 23.5 Å². The number of hydrogen-bond acceptors (Lipinski definition) is 3. The second kappa shape index (κ2) is 6.13. The molecule has 0 bridgehead atoms. The summed E-state index contributed by atoms with van der Waals surface area (Å²) in [6, 6.07) is 6.04. The molecule has 2 aliphatic rings. The first kappa shape index (κ1) is 16.8. The second-order valence-corrected chi connectivity index (χ2v) is 7.52. The Labute approximate surface area is 142 Å². The zero-order chi connectivity index (χ0) is 17.4. The molecule has 0 radical (unpaired) electrons. The molecule has 0 aromatic heterocycles. The number of rotatable bonds is 3. The number of amides is 1. The van der Waals surface area contributed by atoms with Gasteiger partial charge in [0.25, 0.3) is 0 Å². The Bertz CT molecular complexity index is 662. The van der Waals surface area contributed by atoms with Gasteiger partial charge in [0.05, 0.1) is 13.2 Å². The summed E-state index contributed by atoms with van der Waals surface area (Å²) in [7, 11) is 0. The zero-order valence-electron chi connectivity index (χ0n) is 14.5. The van der Waals surface area contributed by atoms with Crippen LogP contribution in [0.4, 0.5) is 4.79 Å². The molecule has 1 aliphatic heterocycles. The number of benzene rings is 1. The van der Waals surface area contributed by atoms with Gasteiger partial charge in [-0.25, -0.2) is 4.79 Å². The highest BCUT2D eigenvalue weighted by Gasteiger charge is 2.48. The number of allylic oxidation sites excluding steroid dienone is 1. The van der Waals surface area contributed by atoms with Crippen molar-refractivity contribution in [2.75, 3.05) is 26.3 Å². The summed E-state index contributed by atoms with van der Waals surface area (Å²) in [5.41, 5.74) is 1.46. The quantitative estimate of drug-likeness (QED) is 0.922. The fourth-order valence-electron chi connectivity index (χ4n) is 3.30. The number of fused-ring (bicyclic) bond motifs is 1. The normalized spacial score (nSPS) is 23.2. The molecule has 1 amide bonds. The Hall–Kier alpha value is -2.01. The molecule has 3 rings (SSSR count). The number of carboxylic acid groups (broad SMARTS) is 1. The fourth-order valence-corrected chi connectivity index (χ4v) is 3.30. The molecule has 1 N–H and O–H groups in total. The maximum absolute atomic E-state index is 11.4. The summed E-state index contributed by atoms with van der Waals surface area (Å²) in [6.45, 7) is 7.64. The summed E-state index contributed by atoms with van der Waals surface area (Å²) >= 11 is 0. The predicted octanol–water partition coefficient (Wildman–Crippen LogP) is 3.43. The van der Waals surface area contributed by atoms with Crippen LogP contribution in [0.1, 0.15) is 31.9 Å². The average Bonchev–Trinajstić information content (AvgIpc) is 3.01. The predicted molar refractivity (Wildman–Crippen MR) is 92.4 cm³/mol. The largest absolute Gasteiger partial charge is 0.490 e. The highest BCUT2D eigenvalue weighted by Crippen LogP contribution is 2.38. The van der Waals surface area contributed by atoms with E-state index >= 15 is 0 Å². The molecule has 1 atom stereocenters. The van der Waals surface area contributed by atoms with Crippen LogP contribution in [0.2, 0.25) is 0 Å². The number of hydrogen-bond donors (Lipinski definition) is 1. The summed E-state index contributed by atoms with van der Waals surface area (Å²) in [5.74, 6) is 0.858. The first-order chi connectivity index (χ1) is 11.3. The van der Waals surface area contributed by atoms with Crippen LogP contribution < -0.4 is 4.74 Å². The van der Waals surface area contributed by atoms with Gasteiger partial charge in [0.15, 0.2) is 0 Å². The number of nitrogens with zero attached hydrogens (tertiary/aromatic N) is 1. The van der Waals surface area contributed by atoms with E-state index in [0.29, 0.717) is 26.3 Å². The van der Waals surface area contributed by atoms with Gasteiger partial charge in [-0.1, -0.05) is 45.1 Å². The molecular weight excluding hydrogens is 306 g/mol. The molecule has 0 saturated carbocycles. The molecule has 24 heavy (non-hydrogen) atoms. The highest BCUT2D eigenvalue weighted by atomic mass is 16.5. The Kier molecular flexibility index (Phi) is 4.30. The lowest BCUT2D eigenvalue weighted by atomic mass is 9.75. The molecule has 1 saturated heterocycles. The third-order valence-corrected chi connectivity index (χ3v) is 5.07. The average molecular weight is 331 g/mol. The van der Waals surface area contributed by atoms with Crippen LogP contribution in [0.5, 0.6) is 5.75 Å². The maximum atomic E-state index is 11.4. The first-order valence-electron chi connectivity index (χ1n) is 8.35. The van der Waals surface area contributed by atoms with E-state index in [4.69, 9.17) is 9.47 Å². The van der Waals surface area contributed by atoms with Crippen molar-refractivity contribution in [3.05, 3.63) is 35.4 Å². The van der Waals surface area contributed by atoms with Gasteiger partial charge >= 0.3 is 6.09 Å². The standard InChI is InChI=1S/C19H25NO4/c1-18(2,3)19(12-20(17(21)22)10-11-24-19)13-23-16-9-5-7-14-6-4-8-15(14)16/h4-7,9H,8,10-13H2,1-3H3,(H,21,22). The molecule has 5 nitrogen and oxygen atoms in total. The summed E-state index contributed by atoms with van der Waals surface area (Å²) in [5, 5.41) is 9.37. The Balaban J connectivity index is 1.81. The van der Waals surface area contributed by atoms with E-state index in [1.165, 1.54) is 16.0 Å². The van der Waals surface area contributed by atoms with Crippen molar-refractivity contribution >= 4 is 12.2 Å². The van der Waals surface area contributed by atoms with Crippen LogP contribution >= 0.6 is 0 Å². The molecule has 1 heterocycles. The van der Waals surface area contributed by atoms with Crippen LogP contribution in [0, 0.1) is 5.41 Å². The monoisotopic (exact) mass is 331 g/mol. The summed E-state index contributed by atoms with van der Waals surface area (Å²) in [6.07, 6.45) is 4.19.